The predicted octanol–water partition coefficient (Wildman–Crippen LogP) is 3.27. The number of amides is 1. The lowest BCUT2D eigenvalue weighted by Crippen LogP contribution is -2.26. The Morgan fingerprint density at radius 1 is 1.22 bits per heavy atom. The van der Waals surface area contributed by atoms with Gasteiger partial charge in [0, 0.05) is 6.07 Å². The Hall–Kier alpha value is -2.50. The molecule has 0 saturated heterocycles. The highest BCUT2D eigenvalue weighted by Gasteiger charge is 2.16. The molecule has 0 saturated carbocycles. The Morgan fingerprint density at radius 3 is 2.52 bits per heavy atom. The lowest BCUT2D eigenvalue weighted by atomic mass is 10.1. The molecule has 2 rings (SSSR count). The Bertz CT molecular complexity index is 666. The fraction of sp³-hybridized carbons (Fsp3) is 0.412. The average Bonchev–Trinajstić information content (AvgIpc) is 2.96. The molecule has 1 heterocycles. The standard InChI is InChI=1S/C17H22N2O4/c1-5-21-15-8-7-13(10-16(15)22-6-2)12(4)18-17(20)14-9-11(3)23-19-14/h7-10,12H,5-6H2,1-4H3,(H,18,20). The number of nitrogens with zero attached hydrogens (tertiary/aromatic N) is 1. The molecule has 6 nitrogen and oxygen atoms in total. The van der Waals surface area contributed by atoms with Crippen LogP contribution in [0.25, 0.3) is 0 Å². The molecular weight excluding hydrogens is 296 g/mol. The fourth-order valence-electron chi connectivity index (χ4n) is 2.16. The summed E-state index contributed by atoms with van der Waals surface area (Å²) in [4.78, 5) is 12.1. The van der Waals surface area contributed by atoms with Gasteiger partial charge in [-0.25, -0.2) is 0 Å². The minimum Gasteiger partial charge on any atom is -0.490 e. The number of aromatic nitrogens is 1. The van der Waals surface area contributed by atoms with Crippen LogP contribution in [0.3, 0.4) is 0 Å². The van der Waals surface area contributed by atoms with Gasteiger partial charge in [-0.15, -0.1) is 0 Å². The van der Waals surface area contributed by atoms with Crippen molar-refractivity contribution in [3.63, 3.8) is 0 Å². The lowest BCUT2D eigenvalue weighted by molar-refractivity contribution is 0.0930. The van der Waals surface area contributed by atoms with Crippen LogP contribution in [0.1, 0.15) is 48.6 Å². The molecule has 23 heavy (non-hydrogen) atoms. The van der Waals surface area contributed by atoms with E-state index in [4.69, 9.17) is 14.0 Å². The molecule has 1 atom stereocenters. The van der Waals surface area contributed by atoms with Crippen LogP contribution in [0.15, 0.2) is 28.8 Å². The van der Waals surface area contributed by atoms with Crippen LogP contribution in [-0.4, -0.2) is 24.3 Å². The number of aryl methyl sites for hydroxylation is 1. The summed E-state index contributed by atoms with van der Waals surface area (Å²) in [6, 6.07) is 7.05. The second-order valence-corrected chi connectivity index (χ2v) is 5.09. The number of carbonyl (C=O) groups excluding carboxylic acids is 1. The zero-order chi connectivity index (χ0) is 16.8. The van der Waals surface area contributed by atoms with Crippen molar-refractivity contribution in [1.29, 1.82) is 0 Å². The van der Waals surface area contributed by atoms with E-state index in [1.807, 2.05) is 39.0 Å². The second kappa shape index (κ2) is 7.67. The van der Waals surface area contributed by atoms with E-state index in [1.165, 1.54) is 0 Å². The van der Waals surface area contributed by atoms with Crippen molar-refractivity contribution in [2.75, 3.05) is 13.2 Å². The SMILES string of the molecule is CCOc1ccc(C(C)NC(=O)c2cc(C)on2)cc1OCC. The minimum atomic E-state index is -0.277. The molecule has 0 radical (unpaired) electrons. The molecule has 0 aliphatic heterocycles. The highest BCUT2D eigenvalue weighted by Crippen LogP contribution is 2.30. The van der Waals surface area contributed by atoms with E-state index in [1.54, 1.807) is 13.0 Å². The summed E-state index contributed by atoms with van der Waals surface area (Å²) in [6.07, 6.45) is 0. The molecule has 0 bridgehead atoms. The monoisotopic (exact) mass is 318 g/mol. The third-order valence-corrected chi connectivity index (χ3v) is 3.28. The highest BCUT2D eigenvalue weighted by molar-refractivity contribution is 5.92. The quantitative estimate of drug-likeness (QED) is 0.848. The van der Waals surface area contributed by atoms with Crippen LogP contribution in [0.2, 0.25) is 0 Å². The van der Waals surface area contributed by atoms with E-state index < -0.39 is 0 Å². The topological polar surface area (TPSA) is 73.6 Å². The molecule has 2 aromatic rings. The summed E-state index contributed by atoms with van der Waals surface area (Å²) in [5.41, 5.74) is 1.19. The van der Waals surface area contributed by atoms with Crippen molar-refractivity contribution in [1.82, 2.24) is 10.5 Å². The van der Waals surface area contributed by atoms with Gasteiger partial charge in [-0.2, -0.15) is 0 Å². The Labute approximate surface area is 135 Å². The first-order chi connectivity index (χ1) is 11.0. The Kier molecular flexibility index (Phi) is 5.62. The van der Waals surface area contributed by atoms with Gasteiger partial charge in [0.25, 0.3) is 5.91 Å². The maximum absolute atomic E-state index is 12.1. The van der Waals surface area contributed by atoms with Gasteiger partial charge in [0.2, 0.25) is 0 Å². The van der Waals surface area contributed by atoms with E-state index >= 15 is 0 Å². The molecule has 0 aliphatic rings. The van der Waals surface area contributed by atoms with Gasteiger partial charge in [0.1, 0.15) is 5.76 Å². The maximum atomic E-state index is 12.1. The molecular formula is C17H22N2O4. The van der Waals surface area contributed by atoms with E-state index in [-0.39, 0.29) is 17.6 Å². The Balaban J connectivity index is 2.13. The molecule has 6 heteroatoms. The molecule has 1 unspecified atom stereocenters. The first-order valence-corrected chi connectivity index (χ1v) is 7.68. The minimum absolute atomic E-state index is 0.200. The van der Waals surface area contributed by atoms with Gasteiger partial charge < -0.3 is 19.3 Å². The Morgan fingerprint density at radius 2 is 1.91 bits per heavy atom. The van der Waals surface area contributed by atoms with E-state index in [0.717, 1.165) is 5.56 Å². The van der Waals surface area contributed by atoms with Gasteiger partial charge in [0.15, 0.2) is 17.2 Å². The van der Waals surface area contributed by atoms with Crippen LogP contribution < -0.4 is 14.8 Å². The first kappa shape index (κ1) is 16.9. The molecule has 1 N–H and O–H groups in total. The van der Waals surface area contributed by atoms with E-state index in [9.17, 15) is 4.79 Å². The van der Waals surface area contributed by atoms with Crippen molar-refractivity contribution in [3.8, 4) is 11.5 Å². The second-order valence-electron chi connectivity index (χ2n) is 5.09. The smallest absolute Gasteiger partial charge is 0.273 e. The average molecular weight is 318 g/mol. The number of rotatable bonds is 7. The van der Waals surface area contributed by atoms with Crippen molar-refractivity contribution >= 4 is 5.91 Å². The molecule has 1 amide bonds. The van der Waals surface area contributed by atoms with Crippen molar-refractivity contribution in [2.24, 2.45) is 0 Å². The third-order valence-electron chi connectivity index (χ3n) is 3.28. The van der Waals surface area contributed by atoms with Crippen LogP contribution >= 0.6 is 0 Å². The number of benzene rings is 1. The predicted molar refractivity (Wildman–Crippen MR) is 85.9 cm³/mol. The van der Waals surface area contributed by atoms with Crippen molar-refractivity contribution < 1.29 is 18.8 Å². The van der Waals surface area contributed by atoms with Gasteiger partial charge in [-0.05, 0) is 45.4 Å². The van der Waals surface area contributed by atoms with Crippen LogP contribution in [0.4, 0.5) is 0 Å². The molecule has 0 aliphatic carbocycles. The molecule has 0 spiro atoms. The summed E-state index contributed by atoms with van der Waals surface area (Å²) >= 11 is 0. The van der Waals surface area contributed by atoms with Gasteiger partial charge in [-0.1, -0.05) is 11.2 Å². The van der Waals surface area contributed by atoms with Crippen molar-refractivity contribution in [3.05, 3.63) is 41.3 Å². The van der Waals surface area contributed by atoms with Gasteiger partial charge >= 0.3 is 0 Å². The number of hydrogen-bond acceptors (Lipinski definition) is 5. The summed E-state index contributed by atoms with van der Waals surface area (Å²) in [5.74, 6) is 1.69. The number of hydrogen-bond donors (Lipinski definition) is 1. The summed E-state index contributed by atoms with van der Waals surface area (Å²) in [6.45, 7) is 8.59. The van der Waals surface area contributed by atoms with Crippen LogP contribution in [-0.2, 0) is 0 Å². The highest BCUT2D eigenvalue weighted by atomic mass is 16.5. The molecule has 124 valence electrons. The normalized spacial score (nSPS) is 11.8. The van der Waals surface area contributed by atoms with Crippen LogP contribution in [0.5, 0.6) is 11.5 Å². The zero-order valence-corrected chi connectivity index (χ0v) is 13.9. The summed E-state index contributed by atoms with van der Waals surface area (Å²) in [5, 5.41) is 6.60. The number of ether oxygens (including phenoxy) is 2. The van der Waals surface area contributed by atoms with E-state index in [0.29, 0.717) is 30.5 Å². The maximum Gasteiger partial charge on any atom is 0.273 e. The number of nitrogens with one attached hydrogen (secondary N) is 1. The van der Waals surface area contributed by atoms with Gasteiger partial charge in [-0.3, -0.25) is 4.79 Å². The molecule has 1 aromatic heterocycles. The largest absolute Gasteiger partial charge is 0.490 e. The van der Waals surface area contributed by atoms with Crippen molar-refractivity contribution in [2.45, 2.75) is 33.7 Å². The summed E-state index contributed by atoms with van der Waals surface area (Å²) < 4.78 is 16.1. The van der Waals surface area contributed by atoms with E-state index in [2.05, 4.69) is 10.5 Å². The molecule has 1 aromatic carbocycles. The zero-order valence-electron chi connectivity index (χ0n) is 13.9. The van der Waals surface area contributed by atoms with Crippen LogP contribution in [0, 0.1) is 6.92 Å². The fourth-order valence-corrected chi connectivity index (χ4v) is 2.16. The molecule has 0 fully saturated rings. The number of carbonyl (C=O) groups is 1. The lowest BCUT2D eigenvalue weighted by Gasteiger charge is -2.17. The summed E-state index contributed by atoms with van der Waals surface area (Å²) in [7, 11) is 0. The van der Waals surface area contributed by atoms with Gasteiger partial charge in [0.05, 0.1) is 19.3 Å². The first-order valence-electron chi connectivity index (χ1n) is 7.68. The third kappa shape index (κ3) is 4.25.